The minimum atomic E-state index is -2.84. The first kappa shape index (κ1) is 54.1. The molecule has 5 heteroatoms. The van der Waals surface area contributed by atoms with E-state index in [2.05, 4.69) is 284 Å². The van der Waals surface area contributed by atoms with Crippen molar-refractivity contribution in [2.24, 2.45) is 0 Å². The highest BCUT2D eigenvalue weighted by Gasteiger charge is 2.51. The molecular weight excluding hydrogens is 1020 g/mol. The molecule has 0 spiro atoms. The number of hydrogen-bond acceptors (Lipinski definition) is 3. The molecule has 0 bridgehead atoms. The van der Waals surface area contributed by atoms with Crippen molar-refractivity contribution < 1.29 is 4.42 Å². The summed E-state index contributed by atoms with van der Waals surface area (Å²) < 4.78 is 7.87. The van der Waals surface area contributed by atoms with Crippen LogP contribution in [-0.4, -0.2) is 14.8 Å². The molecule has 0 saturated carbocycles. The van der Waals surface area contributed by atoms with E-state index >= 15 is 0 Å². The Morgan fingerprint density at radius 3 is 1.30 bits per heavy atom. The van der Waals surface area contributed by atoms with Crippen LogP contribution in [0.3, 0.4) is 0 Å². The van der Waals surface area contributed by atoms with Crippen LogP contribution in [0.4, 0.5) is 34.1 Å². The molecular formula is C78H85BN2OSi. The van der Waals surface area contributed by atoms with E-state index in [-0.39, 0.29) is 44.6 Å². The third-order valence-corrected chi connectivity index (χ3v) is 26.5. The van der Waals surface area contributed by atoms with Crippen LogP contribution in [0, 0.1) is 0 Å². The van der Waals surface area contributed by atoms with Gasteiger partial charge in [-0.25, -0.2) is 0 Å². The molecule has 2 aliphatic heterocycles. The van der Waals surface area contributed by atoms with Gasteiger partial charge in [-0.1, -0.05) is 219 Å². The molecule has 0 saturated heterocycles. The molecule has 0 N–H and O–H groups in total. The SMILES string of the molecule is CC(C)(C)c1cc2c3c(c1)N(c1ccc([Si](c4ccccc4)(c4ccccc4)c4ccccc4)cc1)c1c(oc4cc5c(cc14)C(C)(C)CCC5(C)C)B3c1cc3c(cc1N2c1ccc2c(c1)C(C)(C)CCC2(C)C)C(C)(C)CCC3(C)C. The summed E-state index contributed by atoms with van der Waals surface area (Å²) in [6.45, 7) is 36.7. The Bertz CT molecular complexity index is 3980. The highest BCUT2D eigenvalue weighted by Crippen LogP contribution is 2.55. The van der Waals surface area contributed by atoms with E-state index in [4.69, 9.17) is 4.42 Å². The van der Waals surface area contributed by atoms with Gasteiger partial charge in [0.2, 0.25) is 0 Å². The second kappa shape index (κ2) is 18.1. The molecule has 0 atom stereocenters. The topological polar surface area (TPSA) is 19.6 Å². The number of furan rings is 1. The van der Waals surface area contributed by atoms with Crippen LogP contribution in [0.5, 0.6) is 0 Å². The molecule has 420 valence electrons. The van der Waals surface area contributed by atoms with Gasteiger partial charge in [0.05, 0.1) is 11.3 Å². The molecule has 83 heavy (non-hydrogen) atoms. The molecule has 0 amide bonds. The predicted molar refractivity (Wildman–Crippen MR) is 358 cm³/mol. The van der Waals surface area contributed by atoms with Crippen molar-refractivity contribution in [2.75, 3.05) is 9.80 Å². The van der Waals surface area contributed by atoms with Crippen molar-refractivity contribution in [3.05, 3.63) is 209 Å². The van der Waals surface area contributed by atoms with Crippen molar-refractivity contribution in [1.29, 1.82) is 0 Å². The average Bonchev–Trinajstić information content (AvgIpc) is 1.84. The molecule has 3 nitrogen and oxygen atoms in total. The van der Waals surface area contributed by atoms with Gasteiger partial charge in [-0.3, -0.25) is 0 Å². The summed E-state index contributed by atoms with van der Waals surface area (Å²) in [4.78, 5) is 5.38. The molecule has 3 heterocycles. The minimum absolute atomic E-state index is 0.00149. The Morgan fingerprint density at radius 2 is 0.807 bits per heavy atom. The van der Waals surface area contributed by atoms with Gasteiger partial charge in [0.15, 0.2) is 8.07 Å². The number of hydrogen-bond donors (Lipinski definition) is 0. The van der Waals surface area contributed by atoms with Crippen molar-refractivity contribution >= 4 is 97.2 Å². The highest BCUT2D eigenvalue weighted by atomic mass is 28.3. The Labute approximate surface area is 497 Å². The summed E-state index contributed by atoms with van der Waals surface area (Å²) in [5.41, 5.74) is 22.1. The van der Waals surface area contributed by atoms with Crippen LogP contribution in [-0.2, 0) is 37.9 Å². The molecule has 0 fully saturated rings. The first-order chi connectivity index (χ1) is 39.2. The summed E-state index contributed by atoms with van der Waals surface area (Å²) in [6, 6.07) is 67.1. The van der Waals surface area contributed by atoms with Crippen LogP contribution in [0.1, 0.15) is 181 Å². The van der Waals surface area contributed by atoms with E-state index < -0.39 is 8.07 Å². The van der Waals surface area contributed by atoms with Gasteiger partial charge in [-0.15, -0.1) is 0 Å². The van der Waals surface area contributed by atoms with E-state index in [1.165, 1.54) is 111 Å². The second-order valence-corrected chi connectivity index (χ2v) is 34.7. The minimum Gasteiger partial charge on any atom is -0.468 e. The van der Waals surface area contributed by atoms with Gasteiger partial charge in [-0.05, 0) is 202 Å². The van der Waals surface area contributed by atoms with E-state index in [0.29, 0.717) is 0 Å². The van der Waals surface area contributed by atoms with Gasteiger partial charge < -0.3 is 14.2 Å². The van der Waals surface area contributed by atoms with Crippen molar-refractivity contribution in [3.8, 4) is 0 Å². The van der Waals surface area contributed by atoms with E-state index in [9.17, 15) is 0 Å². The quantitative estimate of drug-likeness (QED) is 0.122. The largest absolute Gasteiger partial charge is 0.468 e. The number of anilines is 6. The number of rotatable bonds is 6. The third-order valence-electron chi connectivity index (χ3n) is 21.7. The van der Waals surface area contributed by atoms with Crippen molar-refractivity contribution in [2.45, 2.75) is 180 Å². The Balaban J connectivity index is 1.10. The molecule has 14 rings (SSSR count). The van der Waals surface area contributed by atoms with Crippen LogP contribution in [0.15, 0.2) is 174 Å². The second-order valence-electron chi connectivity index (χ2n) is 30.9. The van der Waals surface area contributed by atoms with Gasteiger partial charge >= 0.3 is 0 Å². The van der Waals surface area contributed by atoms with Gasteiger partial charge in [0.1, 0.15) is 5.58 Å². The standard InChI is InChI=1S/C78H85BN2OSi/c1-72(2,3)50-43-66-69-67(44-50)81(51-31-34-56(35-32-51)83(53-25-19-16-20-26-53,54-27-21-17-22-28-54)55-29-23-18-24-30-55)70-57-46-60-63(78(14,15)42-39-75(60,8)9)49-68(57)82-71(70)79(69)64-47-61-62(77(12,13)41-40-76(61,10)11)48-65(64)80(66)52-33-36-58-59(45-52)74(6,7)38-37-73(58,4)5/h16-36,43-49H,37-42H2,1-15H3. The molecule has 8 aromatic carbocycles. The molecule has 3 aliphatic carbocycles. The summed E-state index contributed by atoms with van der Waals surface area (Å²) in [7, 11) is -2.84. The van der Waals surface area contributed by atoms with E-state index in [0.717, 1.165) is 49.0 Å². The lowest BCUT2D eigenvalue weighted by atomic mass is 9.35. The van der Waals surface area contributed by atoms with Crippen LogP contribution >= 0.6 is 0 Å². The fraction of sp³-hybridized carbons (Fsp3) is 0.359. The maximum atomic E-state index is 7.87. The smallest absolute Gasteiger partial charge is 0.297 e. The number of fused-ring (bicyclic) bond motifs is 9. The average molecular weight is 1110 g/mol. The summed E-state index contributed by atoms with van der Waals surface area (Å²) in [5.74, 6) is 0. The maximum absolute atomic E-state index is 7.87. The first-order valence-corrected chi connectivity index (χ1v) is 33.2. The number of nitrogens with zero attached hydrogens (tertiary/aromatic N) is 2. The predicted octanol–water partition coefficient (Wildman–Crippen LogP) is 16.2. The van der Waals surface area contributed by atoms with Crippen molar-refractivity contribution in [3.63, 3.8) is 0 Å². The van der Waals surface area contributed by atoms with Crippen LogP contribution in [0.25, 0.3) is 11.0 Å². The highest BCUT2D eigenvalue weighted by molar-refractivity contribution is 7.19. The lowest BCUT2D eigenvalue weighted by Gasteiger charge is -2.47. The van der Waals surface area contributed by atoms with E-state index in [1.807, 2.05) is 0 Å². The normalized spacial score (nSPS) is 19.2. The molecule has 5 aliphatic rings. The van der Waals surface area contributed by atoms with Crippen molar-refractivity contribution in [1.82, 2.24) is 0 Å². The number of benzene rings is 8. The maximum Gasteiger partial charge on any atom is 0.297 e. The van der Waals surface area contributed by atoms with Gasteiger partial charge in [0.25, 0.3) is 6.71 Å². The van der Waals surface area contributed by atoms with Gasteiger partial charge in [0, 0.05) is 33.8 Å². The fourth-order valence-electron chi connectivity index (χ4n) is 16.2. The molecule has 9 aromatic rings. The van der Waals surface area contributed by atoms with Crippen LogP contribution < -0.4 is 47.1 Å². The van der Waals surface area contributed by atoms with Gasteiger partial charge in [-0.2, -0.15) is 0 Å². The molecule has 1 aromatic heterocycles. The first-order valence-electron chi connectivity index (χ1n) is 31.2. The summed E-state index contributed by atoms with van der Waals surface area (Å²) in [5, 5.41) is 6.68. The zero-order valence-electron chi connectivity index (χ0n) is 52.3. The Kier molecular flexibility index (Phi) is 11.8. The van der Waals surface area contributed by atoms with E-state index in [1.54, 1.807) is 0 Å². The molecule has 0 unspecified atom stereocenters. The molecule has 0 radical (unpaired) electrons. The summed E-state index contributed by atoms with van der Waals surface area (Å²) in [6.07, 6.45) is 6.92. The van der Waals surface area contributed by atoms with Crippen LogP contribution in [0.2, 0.25) is 0 Å². The monoisotopic (exact) mass is 1100 g/mol. The Morgan fingerprint density at radius 1 is 0.398 bits per heavy atom. The zero-order chi connectivity index (χ0) is 58.2. The zero-order valence-corrected chi connectivity index (χ0v) is 53.3. The lowest BCUT2D eigenvalue weighted by molar-refractivity contribution is 0.332. The lowest BCUT2D eigenvalue weighted by Crippen LogP contribution is -2.74. The Hall–Kier alpha value is -6.82. The fourth-order valence-corrected chi connectivity index (χ4v) is 21.0. The third kappa shape index (κ3) is 8.08. The summed E-state index contributed by atoms with van der Waals surface area (Å²) >= 11 is 0.